The Bertz CT molecular complexity index is 627. The van der Waals surface area contributed by atoms with E-state index in [1.54, 1.807) is 36.5 Å². The predicted molar refractivity (Wildman–Crippen MR) is 67.7 cm³/mol. The van der Waals surface area contributed by atoms with Gasteiger partial charge in [0.15, 0.2) is 6.04 Å². The molecule has 3 N–H and O–H groups in total. The van der Waals surface area contributed by atoms with Gasteiger partial charge in [-0.25, -0.2) is 4.79 Å². The van der Waals surface area contributed by atoms with Crippen LogP contribution in [-0.4, -0.2) is 39.7 Å². The highest BCUT2D eigenvalue weighted by Crippen LogP contribution is 2.13. The summed E-state index contributed by atoms with van der Waals surface area (Å²) in [6.45, 7) is -0.657. The third kappa shape index (κ3) is 2.86. The number of carboxylic acids is 1. The zero-order valence-corrected chi connectivity index (χ0v) is 9.91. The molecule has 6 nitrogen and oxygen atoms in total. The van der Waals surface area contributed by atoms with Gasteiger partial charge in [-0.15, -0.1) is 0 Å². The number of hydrogen-bond donors (Lipinski definition) is 3. The van der Waals surface area contributed by atoms with E-state index in [1.807, 2.05) is 0 Å². The van der Waals surface area contributed by atoms with Crippen LogP contribution in [0.1, 0.15) is 10.4 Å². The van der Waals surface area contributed by atoms with Crippen LogP contribution < -0.4 is 5.32 Å². The van der Waals surface area contributed by atoms with Crippen LogP contribution in [-0.2, 0) is 4.79 Å². The van der Waals surface area contributed by atoms with Crippen LogP contribution in [0.2, 0.25) is 0 Å². The Morgan fingerprint density at radius 3 is 2.79 bits per heavy atom. The van der Waals surface area contributed by atoms with Gasteiger partial charge in [0.25, 0.3) is 5.91 Å². The number of nitrogens with zero attached hydrogens (tertiary/aromatic N) is 1. The predicted octanol–water partition coefficient (Wildman–Crippen LogP) is 0.410. The summed E-state index contributed by atoms with van der Waals surface area (Å²) < 4.78 is 0. The van der Waals surface area contributed by atoms with E-state index in [-0.39, 0.29) is 0 Å². The summed E-state index contributed by atoms with van der Waals surface area (Å²) in [5.41, 5.74) is 1.07. The lowest BCUT2D eigenvalue weighted by Gasteiger charge is -2.11. The molecule has 0 fully saturated rings. The van der Waals surface area contributed by atoms with E-state index in [4.69, 9.17) is 10.2 Å². The molecule has 0 bridgehead atoms. The Kier molecular flexibility index (Phi) is 3.72. The van der Waals surface area contributed by atoms with Gasteiger partial charge < -0.3 is 15.5 Å². The number of benzene rings is 1. The number of aliphatic carboxylic acids is 1. The SMILES string of the molecule is O=C(NC(CO)C(=O)O)c1ccc2ncccc2c1. The number of fused-ring (bicyclic) bond motifs is 1. The molecule has 2 aromatic rings. The first-order valence-electron chi connectivity index (χ1n) is 5.61. The van der Waals surface area contributed by atoms with Crippen molar-refractivity contribution in [1.29, 1.82) is 0 Å². The molecule has 0 saturated heterocycles. The Morgan fingerprint density at radius 2 is 2.11 bits per heavy atom. The van der Waals surface area contributed by atoms with Gasteiger partial charge in [-0.2, -0.15) is 0 Å². The van der Waals surface area contributed by atoms with E-state index in [1.165, 1.54) is 0 Å². The quantitative estimate of drug-likeness (QED) is 0.739. The van der Waals surface area contributed by atoms with Crippen molar-refractivity contribution in [1.82, 2.24) is 10.3 Å². The minimum atomic E-state index is -1.31. The summed E-state index contributed by atoms with van der Waals surface area (Å²) in [4.78, 5) is 26.7. The maximum absolute atomic E-state index is 11.9. The van der Waals surface area contributed by atoms with Gasteiger partial charge >= 0.3 is 5.97 Å². The molecule has 1 atom stereocenters. The van der Waals surface area contributed by atoms with Crippen molar-refractivity contribution in [2.75, 3.05) is 6.61 Å². The summed E-state index contributed by atoms with van der Waals surface area (Å²) >= 11 is 0. The molecule has 1 aromatic carbocycles. The van der Waals surface area contributed by atoms with Crippen LogP contribution in [0.15, 0.2) is 36.5 Å². The highest BCUT2D eigenvalue weighted by Gasteiger charge is 2.19. The number of aliphatic hydroxyl groups excluding tert-OH is 1. The average Bonchev–Trinajstić information content (AvgIpc) is 2.43. The number of rotatable bonds is 4. The number of carbonyl (C=O) groups is 2. The molecule has 0 spiro atoms. The number of amides is 1. The van der Waals surface area contributed by atoms with Gasteiger partial charge in [-0.05, 0) is 24.3 Å². The lowest BCUT2D eigenvalue weighted by molar-refractivity contribution is -0.140. The number of carboxylic acid groups (broad SMARTS) is 1. The number of hydrogen-bond acceptors (Lipinski definition) is 4. The molecule has 1 heterocycles. The first kappa shape index (κ1) is 13.0. The number of carbonyl (C=O) groups excluding carboxylic acids is 1. The molecule has 0 aliphatic carbocycles. The fraction of sp³-hybridized carbons (Fsp3) is 0.154. The summed E-state index contributed by atoms with van der Waals surface area (Å²) in [5, 5.41) is 20.6. The van der Waals surface area contributed by atoms with Crippen LogP contribution in [0, 0.1) is 0 Å². The zero-order valence-electron chi connectivity index (χ0n) is 9.91. The Labute approximate surface area is 108 Å². The topological polar surface area (TPSA) is 99.5 Å². The summed E-state index contributed by atoms with van der Waals surface area (Å²) in [6, 6.07) is 7.10. The van der Waals surface area contributed by atoms with Gasteiger partial charge in [-0.3, -0.25) is 9.78 Å². The lowest BCUT2D eigenvalue weighted by Crippen LogP contribution is -2.43. The molecule has 2 rings (SSSR count). The molecule has 19 heavy (non-hydrogen) atoms. The maximum Gasteiger partial charge on any atom is 0.328 e. The monoisotopic (exact) mass is 260 g/mol. The minimum Gasteiger partial charge on any atom is -0.480 e. The molecular weight excluding hydrogens is 248 g/mol. The van der Waals surface area contributed by atoms with E-state index in [2.05, 4.69) is 10.3 Å². The summed E-state index contributed by atoms with van der Waals surface area (Å²) in [5.74, 6) is -1.83. The van der Waals surface area contributed by atoms with E-state index >= 15 is 0 Å². The first-order chi connectivity index (χ1) is 9.11. The van der Waals surface area contributed by atoms with Crippen molar-refractivity contribution in [3.8, 4) is 0 Å². The lowest BCUT2D eigenvalue weighted by atomic mass is 10.1. The molecule has 6 heteroatoms. The second-order valence-electron chi connectivity index (χ2n) is 3.96. The van der Waals surface area contributed by atoms with Crippen LogP contribution >= 0.6 is 0 Å². The normalized spacial score (nSPS) is 12.1. The second-order valence-corrected chi connectivity index (χ2v) is 3.96. The molecule has 0 aliphatic rings. The van der Waals surface area contributed by atoms with Crippen LogP contribution in [0.4, 0.5) is 0 Å². The van der Waals surface area contributed by atoms with Crippen LogP contribution in [0.25, 0.3) is 10.9 Å². The molecule has 1 amide bonds. The van der Waals surface area contributed by atoms with Crippen molar-refractivity contribution in [3.63, 3.8) is 0 Å². The second kappa shape index (κ2) is 5.45. The third-order valence-corrected chi connectivity index (χ3v) is 2.65. The summed E-state index contributed by atoms with van der Waals surface area (Å²) in [6.07, 6.45) is 1.65. The van der Waals surface area contributed by atoms with Gasteiger partial charge in [0.1, 0.15) is 0 Å². The maximum atomic E-state index is 11.9. The molecule has 0 aliphatic heterocycles. The van der Waals surface area contributed by atoms with Crippen molar-refractivity contribution in [3.05, 3.63) is 42.1 Å². The highest BCUT2D eigenvalue weighted by molar-refractivity contribution is 5.99. The van der Waals surface area contributed by atoms with Gasteiger partial charge in [0, 0.05) is 17.1 Å². The number of aliphatic hydroxyl groups is 1. The Hall–Kier alpha value is -2.47. The van der Waals surface area contributed by atoms with Crippen LogP contribution in [0.5, 0.6) is 0 Å². The minimum absolute atomic E-state index is 0.320. The Balaban J connectivity index is 2.24. The van der Waals surface area contributed by atoms with E-state index in [9.17, 15) is 9.59 Å². The fourth-order valence-electron chi connectivity index (χ4n) is 1.64. The number of pyridine rings is 1. The van der Waals surface area contributed by atoms with E-state index in [0.717, 1.165) is 10.9 Å². The standard InChI is InChI=1S/C13H12N2O4/c16-7-11(13(18)19)15-12(17)9-3-4-10-8(6-9)2-1-5-14-10/h1-6,11,16H,7H2,(H,15,17)(H,18,19). The number of nitrogens with one attached hydrogen (secondary N) is 1. The Morgan fingerprint density at radius 1 is 1.32 bits per heavy atom. The van der Waals surface area contributed by atoms with Gasteiger partial charge in [0.05, 0.1) is 12.1 Å². The molecule has 98 valence electrons. The summed E-state index contributed by atoms with van der Waals surface area (Å²) in [7, 11) is 0. The van der Waals surface area contributed by atoms with Crippen LogP contribution in [0.3, 0.4) is 0 Å². The van der Waals surface area contributed by atoms with E-state index < -0.39 is 24.5 Å². The van der Waals surface area contributed by atoms with Crippen molar-refractivity contribution in [2.24, 2.45) is 0 Å². The number of aromatic nitrogens is 1. The smallest absolute Gasteiger partial charge is 0.328 e. The molecular formula is C13H12N2O4. The average molecular weight is 260 g/mol. The van der Waals surface area contributed by atoms with E-state index in [0.29, 0.717) is 5.56 Å². The van der Waals surface area contributed by atoms with Gasteiger partial charge in [0.2, 0.25) is 0 Å². The third-order valence-electron chi connectivity index (χ3n) is 2.65. The van der Waals surface area contributed by atoms with Crippen molar-refractivity contribution in [2.45, 2.75) is 6.04 Å². The molecule has 0 radical (unpaired) electrons. The van der Waals surface area contributed by atoms with Crippen molar-refractivity contribution >= 4 is 22.8 Å². The molecule has 1 unspecified atom stereocenters. The first-order valence-corrected chi connectivity index (χ1v) is 5.61. The fourth-order valence-corrected chi connectivity index (χ4v) is 1.64. The largest absolute Gasteiger partial charge is 0.480 e. The molecule has 1 aromatic heterocycles. The molecule has 0 saturated carbocycles. The zero-order chi connectivity index (χ0) is 13.8. The highest BCUT2D eigenvalue weighted by atomic mass is 16.4. The van der Waals surface area contributed by atoms with Crippen molar-refractivity contribution < 1.29 is 19.8 Å². The van der Waals surface area contributed by atoms with Gasteiger partial charge in [-0.1, -0.05) is 6.07 Å².